The lowest BCUT2D eigenvalue weighted by molar-refractivity contribution is 1.13. The normalized spacial score (nSPS) is 10.3. The minimum Gasteiger partial charge on any atom is -0.256 e. The third kappa shape index (κ3) is 2.02. The van der Waals surface area contributed by atoms with Crippen molar-refractivity contribution < 1.29 is 0 Å². The molecule has 0 atom stereocenters. The van der Waals surface area contributed by atoms with Crippen LogP contribution in [0.5, 0.6) is 0 Å². The number of rotatable bonds is 2. The van der Waals surface area contributed by atoms with E-state index in [1.807, 2.05) is 30.3 Å². The summed E-state index contributed by atoms with van der Waals surface area (Å²) in [5.41, 5.74) is 3.24. The molecule has 76 valence electrons. The van der Waals surface area contributed by atoms with Gasteiger partial charge in [0.25, 0.3) is 0 Å². The predicted molar refractivity (Wildman–Crippen MR) is 64.1 cm³/mol. The van der Waals surface area contributed by atoms with Gasteiger partial charge in [-0.15, -0.1) is 0 Å². The second-order valence-corrected chi connectivity index (χ2v) is 3.75. The van der Waals surface area contributed by atoms with Crippen molar-refractivity contribution >= 4 is 11.6 Å². The summed E-state index contributed by atoms with van der Waals surface area (Å²) < 4.78 is 0. The highest BCUT2D eigenvalue weighted by Crippen LogP contribution is 2.29. The van der Waals surface area contributed by atoms with Crippen LogP contribution in [0.15, 0.2) is 42.6 Å². The van der Waals surface area contributed by atoms with Crippen molar-refractivity contribution in [2.75, 3.05) is 0 Å². The Morgan fingerprint density at radius 3 is 2.67 bits per heavy atom. The lowest BCUT2D eigenvalue weighted by Gasteiger charge is -2.08. The second kappa shape index (κ2) is 4.45. The lowest BCUT2D eigenvalue weighted by Crippen LogP contribution is -1.90. The maximum absolute atomic E-state index is 6.20. The van der Waals surface area contributed by atoms with Crippen molar-refractivity contribution in [3.8, 4) is 11.3 Å². The molecule has 2 aromatic rings. The van der Waals surface area contributed by atoms with E-state index in [9.17, 15) is 0 Å². The van der Waals surface area contributed by atoms with E-state index in [1.165, 1.54) is 5.56 Å². The molecule has 0 spiro atoms. The largest absolute Gasteiger partial charge is 0.256 e. The lowest BCUT2D eigenvalue weighted by atomic mass is 10.0. The molecule has 0 radical (unpaired) electrons. The third-order valence-electron chi connectivity index (χ3n) is 2.40. The zero-order chi connectivity index (χ0) is 10.7. The molecule has 0 aliphatic rings. The fourth-order valence-corrected chi connectivity index (χ4v) is 1.95. The Labute approximate surface area is 94.7 Å². The number of hydrogen-bond acceptors (Lipinski definition) is 1. The monoisotopic (exact) mass is 217 g/mol. The van der Waals surface area contributed by atoms with E-state index in [1.54, 1.807) is 6.20 Å². The first-order valence-electron chi connectivity index (χ1n) is 5.01. The number of aromatic nitrogens is 1. The molecule has 0 bridgehead atoms. The van der Waals surface area contributed by atoms with Crippen LogP contribution in [0.3, 0.4) is 0 Å². The van der Waals surface area contributed by atoms with Crippen LogP contribution in [0.2, 0.25) is 5.02 Å². The molecule has 0 saturated carbocycles. The van der Waals surface area contributed by atoms with Gasteiger partial charge in [0, 0.05) is 11.8 Å². The minimum absolute atomic E-state index is 0.771. The number of nitrogens with zero attached hydrogens (tertiary/aromatic N) is 1. The molecule has 0 aliphatic heterocycles. The SMILES string of the molecule is CCc1cccc(Cl)c1-c1ccccn1. The molecule has 0 saturated heterocycles. The molecule has 2 rings (SSSR count). The Hall–Kier alpha value is -1.34. The number of halogens is 1. The molecule has 0 fully saturated rings. The number of benzene rings is 1. The Kier molecular flexibility index (Phi) is 3.02. The van der Waals surface area contributed by atoms with Crippen molar-refractivity contribution in [3.05, 3.63) is 53.2 Å². The summed E-state index contributed by atoms with van der Waals surface area (Å²) in [7, 11) is 0. The van der Waals surface area contributed by atoms with Crippen molar-refractivity contribution in [3.63, 3.8) is 0 Å². The van der Waals surface area contributed by atoms with E-state index in [0.29, 0.717) is 0 Å². The van der Waals surface area contributed by atoms with Crippen LogP contribution < -0.4 is 0 Å². The molecule has 15 heavy (non-hydrogen) atoms. The van der Waals surface area contributed by atoms with E-state index in [0.717, 1.165) is 22.7 Å². The van der Waals surface area contributed by atoms with Gasteiger partial charge >= 0.3 is 0 Å². The van der Waals surface area contributed by atoms with E-state index in [4.69, 9.17) is 11.6 Å². The van der Waals surface area contributed by atoms with Crippen LogP contribution in [0, 0.1) is 0 Å². The van der Waals surface area contributed by atoms with E-state index < -0.39 is 0 Å². The maximum atomic E-state index is 6.20. The molecule has 1 aromatic carbocycles. The first-order valence-corrected chi connectivity index (χ1v) is 5.39. The van der Waals surface area contributed by atoms with Gasteiger partial charge in [0.2, 0.25) is 0 Å². The summed E-state index contributed by atoms with van der Waals surface area (Å²) in [5.74, 6) is 0. The van der Waals surface area contributed by atoms with Crippen LogP contribution in [0.4, 0.5) is 0 Å². The third-order valence-corrected chi connectivity index (χ3v) is 2.72. The number of aryl methyl sites for hydroxylation is 1. The van der Waals surface area contributed by atoms with E-state index >= 15 is 0 Å². The average molecular weight is 218 g/mol. The number of pyridine rings is 1. The van der Waals surface area contributed by atoms with Crippen molar-refractivity contribution in [2.24, 2.45) is 0 Å². The maximum Gasteiger partial charge on any atom is 0.0719 e. The standard InChI is InChI=1S/C13H12ClN/c1-2-10-6-5-7-11(14)13(10)12-8-3-4-9-15-12/h3-9H,2H2,1H3. The van der Waals surface area contributed by atoms with Gasteiger partial charge in [-0.3, -0.25) is 4.98 Å². The fraction of sp³-hybridized carbons (Fsp3) is 0.154. The smallest absolute Gasteiger partial charge is 0.0719 e. The highest BCUT2D eigenvalue weighted by atomic mass is 35.5. The van der Waals surface area contributed by atoms with Gasteiger partial charge in [-0.25, -0.2) is 0 Å². The molecule has 0 unspecified atom stereocenters. The topological polar surface area (TPSA) is 12.9 Å². The Balaban J connectivity index is 2.61. The summed E-state index contributed by atoms with van der Waals surface area (Å²) >= 11 is 6.20. The fourth-order valence-electron chi connectivity index (χ4n) is 1.66. The zero-order valence-corrected chi connectivity index (χ0v) is 9.33. The summed E-state index contributed by atoms with van der Waals surface area (Å²) in [5, 5.41) is 0.771. The molecule has 1 nitrogen and oxygen atoms in total. The molecular formula is C13H12ClN. The summed E-state index contributed by atoms with van der Waals surface area (Å²) in [6.07, 6.45) is 2.75. The van der Waals surface area contributed by atoms with Gasteiger partial charge in [0.05, 0.1) is 10.7 Å². The van der Waals surface area contributed by atoms with E-state index in [-0.39, 0.29) is 0 Å². The van der Waals surface area contributed by atoms with Crippen molar-refractivity contribution in [2.45, 2.75) is 13.3 Å². The van der Waals surface area contributed by atoms with Gasteiger partial charge in [-0.05, 0) is 30.2 Å². The Bertz CT molecular complexity index is 451. The van der Waals surface area contributed by atoms with Gasteiger partial charge < -0.3 is 0 Å². The predicted octanol–water partition coefficient (Wildman–Crippen LogP) is 3.96. The molecule has 0 N–H and O–H groups in total. The van der Waals surface area contributed by atoms with Crippen LogP contribution in [-0.4, -0.2) is 4.98 Å². The van der Waals surface area contributed by atoms with Gasteiger partial charge in [0.1, 0.15) is 0 Å². The minimum atomic E-state index is 0.771. The molecule has 1 heterocycles. The molecular weight excluding hydrogens is 206 g/mol. The van der Waals surface area contributed by atoms with Gasteiger partial charge in [0.15, 0.2) is 0 Å². The van der Waals surface area contributed by atoms with Crippen LogP contribution in [0.25, 0.3) is 11.3 Å². The zero-order valence-electron chi connectivity index (χ0n) is 8.57. The molecule has 0 amide bonds. The van der Waals surface area contributed by atoms with E-state index in [2.05, 4.69) is 18.0 Å². The second-order valence-electron chi connectivity index (χ2n) is 3.34. The first-order chi connectivity index (χ1) is 7.33. The Morgan fingerprint density at radius 2 is 2.00 bits per heavy atom. The molecule has 1 aromatic heterocycles. The van der Waals surface area contributed by atoms with Crippen molar-refractivity contribution in [1.82, 2.24) is 4.98 Å². The number of hydrogen-bond donors (Lipinski definition) is 0. The van der Waals surface area contributed by atoms with Gasteiger partial charge in [-0.1, -0.05) is 36.7 Å². The first kappa shape index (κ1) is 10.2. The Morgan fingerprint density at radius 1 is 1.13 bits per heavy atom. The molecule has 0 aliphatic carbocycles. The van der Waals surface area contributed by atoms with Crippen LogP contribution in [0.1, 0.15) is 12.5 Å². The molecule has 2 heteroatoms. The summed E-state index contributed by atoms with van der Waals surface area (Å²) in [4.78, 5) is 4.33. The van der Waals surface area contributed by atoms with Gasteiger partial charge in [-0.2, -0.15) is 0 Å². The van der Waals surface area contributed by atoms with Crippen LogP contribution in [-0.2, 0) is 6.42 Å². The highest BCUT2D eigenvalue weighted by molar-refractivity contribution is 6.33. The summed E-state index contributed by atoms with van der Waals surface area (Å²) in [6.45, 7) is 2.12. The van der Waals surface area contributed by atoms with Crippen LogP contribution >= 0.6 is 11.6 Å². The quantitative estimate of drug-likeness (QED) is 0.742. The average Bonchev–Trinajstić information content (AvgIpc) is 2.29. The summed E-state index contributed by atoms with van der Waals surface area (Å²) in [6, 6.07) is 11.9. The highest BCUT2D eigenvalue weighted by Gasteiger charge is 2.08. The van der Waals surface area contributed by atoms with Crippen molar-refractivity contribution in [1.29, 1.82) is 0 Å².